The zero-order valence-corrected chi connectivity index (χ0v) is 18.0. The van der Waals surface area contributed by atoms with Crippen molar-refractivity contribution < 1.29 is 0 Å². The van der Waals surface area contributed by atoms with E-state index in [9.17, 15) is 0 Å². The Hall–Kier alpha value is 0.499. The predicted octanol–water partition coefficient (Wildman–Crippen LogP) is 6.42. The average molecular weight is 401 g/mol. The van der Waals surface area contributed by atoms with Crippen LogP contribution in [0.15, 0.2) is 5.38 Å². The van der Waals surface area contributed by atoms with E-state index in [1.807, 2.05) is 14.9 Å². The first-order valence-corrected chi connectivity index (χ1v) is 17.0. The van der Waals surface area contributed by atoms with Crippen molar-refractivity contribution in [3.05, 3.63) is 15.8 Å². The number of aryl methyl sites for hydroxylation is 2. The van der Waals surface area contributed by atoms with Crippen molar-refractivity contribution in [1.29, 1.82) is 0 Å². The van der Waals surface area contributed by atoms with Crippen molar-refractivity contribution in [1.82, 2.24) is 0 Å². The van der Waals surface area contributed by atoms with Gasteiger partial charge in [0.15, 0.2) is 0 Å². The topological polar surface area (TPSA) is 0 Å². The van der Waals surface area contributed by atoms with Crippen LogP contribution in [0.4, 0.5) is 0 Å². The summed E-state index contributed by atoms with van der Waals surface area (Å²) in [6, 6.07) is 0. The average Bonchev–Trinajstić information content (AvgIpc) is 2.79. The van der Waals surface area contributed by atoms with Crippen LogP contribution < -0.4 is 3.58 Å². The van der Waals surface area contributed by atoms with E-state index < -0.39 is 18.4 Å². The Labute approximate surface area is 135 Å². The SMILES string of the molecule is CCC[CH2][Sn]([CH2]CCC)([CH2]CCC)[c]1c(C)csc1C. The zero-order valence-electron chi connectivity index (χ0n) is 14.3. The van der Waals surface area contributed by atoms with Crippen LogP contribution in [0.25, 0.3) is 0 Å². The first-order valence-electron chi connectivity index (χ1n) is 8.66. The second kappa shape index (κ2) is 9.50. The van der Waals surface area contributed by atoms with Crippen LogP contribution in [0.3, 0.4) is 0 Å². The maximum atomic E-state index is 2.43. The van der Waals surface area contributed by atoms with E-state index in [1.165, 1.54) is 38.5 Å². The molecule has 0 atom stereocenters. The van der Waals surface area contributed by atoms with E-state index >= 15 is 0 Å². The van der Waals surface area contributed by atoms with Crippen molar-refractivity contribution >= 4 is 33.3 Å². The molecule has 0 aliphatic carbocycles. The van der Waals surface area contributed by atoms with Crippen LogP contribution in [0.2, 0.25) is 13.3 Å². The Kier molecular flexibility index (Phi) is 8.81. The van der Waals surface area contributed by atoms with Crippen LogP contribution in [-0.4, -0.2) is 18.4 Å². The van der Waals surface area contributed by atoms with Crippen molar-refractivity contribution in [3.8, 4) is 0 Å². The molecular weight excluding hydrogens is 367 g/mol. The summed E-state index contributed by atoms with van der Waals surface area (Å²) < 4.78 is 6.73. The second-order valence-corrected chi connectivity index (χ2v) is 20.5. The summed E-state index contributed by atoms with van der Waals surface area (Å²) in [5, 5.41) is 2.43. The van der Waals surface area contributed by atoms with Gasteiger partial charge in [0.2, 0.25) is 0 Å². The van der Waals surface area contributed by atoms with Crippen molar-refractivity contribution in [2.24, 2.45) is 0 Å². The summed E-state index contributed by atoms with van der Waals surface area (Å²) in [5.74, 6) is 0. The molecular formula is C18H34SSn. The van der Waals surface area contributed by atoms with Gasteiger partial charge in [-0.05, 0) is 0 Å². The van der Waals surface area contributed by atoms with E-state index in [4.69, 9.17) is 0 Å². The Balaban J connectivity index is 3.11. The predicted molar refractivity (Wildman–Crippen MR) is 98.3 cm³/mol. The molecule has 1 aromatic heterocycles. The fraction of sp³-hybridized carbons (Fsp3) is 0.778. The summed E-state index contributed by atoms with van der Waals surface area (Å²) in [5.41, 5.74) is 1.65. The summed E-state index contributed by atoms with van der Waals surface area (Å²) in [6.07, 6.45) is 8.53. The first-order chi connectivity index (χ1) is 9.61. The molecule has 0 saturated carbocycles. The molecule has 0 aromatic carbocycles. The summed E-state index contributed by atoms with van der Waals surface area (Å²) in [7, 11) is 0. The van der Waals surface area contributed by atoms with Gasteiger partial charge in [0.25, 0.3) is 0 Å². The van der Waals surface area contributed by atoms with Crippen molar-refractivity contribution in [2.75, 3.05) is 0 Å². The minimum atomic E-state index is -2.15. The molecule has 0 saturated heterocycles. The van der Waals surface area contributed by atoms with Gasteiger partial charge in [0, 0.05) is 0 Å². The first kappa shape index (κ1) is 18.5. The Bertz CT molecular complexity index is 339. The summed E-state index contributed by atoms with van der Waals surface area (Å²) in [4.78, 5) is 1.67. The molecule has 1 aromatic rings. The van der Waals surface area contributed by atoms with E-state index in [2.05, 4.69) is 40.0 Å². The van der Waals surface area contributed by atoms with E-state index in [-0.39, 0.29) is 0 Å². The molecule has 0 bridgehead atoms. The van der Waals surface area contributed by atoms with Gasteiger partial charge in [-0.3, -0.25) is 0 Å². The van der Waals surface area contributed by atoms with Gasteiger partial charge in [-0.1, -0.05) is 0 Å². The van der Waals surface area contributed by atoms with Crippen LogP contribution in [0.5, 0.6) is 0 Å². The van der Waals surface area contributed by atoms with E-state index in [0.717, 1.165) is 0 Å². The summed E-state index contributed by atoms with van der Waals surface area (Å²) in [6.45, 7) is 11.9. The maximum absolute atomic E-state index is 2.43. The zero-order chi connectivity index (χ0) is 15.0. The molecule has 116 valence electrons. The molecule has 2 heteroatoms. The van der Waals surface area contributed by atoms with Gasteiger partial charge in [-0.2, -0.15) is 0 Å². The fourth-order valence-corrected chi connectivity index (χ4v) is 24.5. The molecule has 1 heterocycles. The third-order valence-corrected chi connectivity index (χ3v) is 22.7. The van der Waals surface area contributed by atoms with Crippen LogP contribution in [-0.2, 0) is 0 Å². The van der Waals surface area contributed by atoms with E-state index in [1.54, 1.807) is 23.8 Å². The molecule has 0 fully saturated rings. The molecule has 0 aliphatic heterocycles. The normalized spacial score (nSPS) is 12.1. The number of thiophene rings is 1. The van der Waals surface area contributed by atoms with Crippen LogP contribution in [0.1, 0.15) is 69.7 Å². The number of rotatable bonds is 10. The van der Waals surface area contributed by atoms with Gasteiger partial charge < -0.3 is 0 Å². The molecule has 0 N–H and O–H groups in total. The molecule has 1 rings (SSSR count). The molecule has 20 heavy (non-hydrogen) atoms. The second-order valence-electron chi connectivity index (χ2n) is 6.44. The molecule has 0 radical (unpaired) electrons. The van der Waals surface area contributed by atoms with Gasteiger partial charge in [-0.15, -0.1) is 0 Å². The molecule has 0 unspecified atom stereocenters. The number of hydrogen-bond donors (Lipinski definition) is 0. The van der Waals surface area contributed by atoms with E-state index in [0.29, 0.717) is 0 Å². The number of unbranched alkanes of at least 4 members (excludes halogenated alkanes) is 3. The molecule has 0 amide bonds. The van der Waals surface area contributed by atoms with Crippen molar-refractivity contribution in [3.63, 3.8) is 0 Å². The fourth-order valence-electron chi connectivity index (χ4n) is 3.66. The molecule has 0 aliphatic rings. The Morgan fingerprint density at radius 3 is 1.60 bits per heavy atom. The van der Waals surface area contributed by atoms with Gasteiger partial charge in [0.05, 0.1) is 0 Å². The Morgan fingerprint density at radius 2 is 1.30 bits per heavy atom. The van der Waals surface area contributed by atoms with Crippen LogP contribution in [0, 0.1) is 13.8 Å². The monoisotopic (exact) mass is 402 g/mol. The quantitative estimate of drug-likeness (QED) is 0.397. The molecule has 0 nitrogen and oxygen atoms in total. The standard InChI is InChI=1S/C6H7S.3C4H9.Sn/c1-5-3-6(2)7-4-5;3*1-3-4-2;/h4H,1-2H3;3*1,3-4H2,2H3;. The van der Waals surface area contributed by atoms with Gasteiger partial charge in [0.1, 0.15) is 0 Å². The third-order valence-electron chi connectivity index (χ3n) is 4.72. The third kappa shape index (κ3) is 4.76. The number of hydrogen-bond acceptors (Lipinski definition) is 1. The van der Waals surface area contributed by atoms with Crippen molar-refractivity contribution in [2.45, 2.75) is 86.5 Å². The molecule has 0 spiro atoms. The Morgan fingerprint density at radius 1 is 0.850 bits per heavy atom. The summed E-state index contributed by atoms with van der Waals surface area (Å²) >= 11 is -0.136. The van der Waals surface area contributed by atoms with Gasteiger partial charge in [-0.25, -0.2) is 0 Å². The van der Waals surface area contributed by atoms with Gasteiger partial charge >= 0.3 is 136 Å². The minimum absolute atomic E-state index is 1.37. The van der Waals surface area contributed by atoms with Crippen LogP contribution >= 0.6 is 11.3 Å².